The molecule has 0 bridgehead atoms. The summed E-state index contributed by atoms with van der Waals surface area (Å²) in [5.41, 5.74) is 0. The monoisotopic (exact) mass is 144 g/mol. The molecule has 3 heteroatoms. The van der Waals surface area contributed by atoms with Gasteiger partial charge in [0.15, 0.2) is 0 Å². The van der Waals surface area contributed by atoms with Crippen molar-refractivity contribution in [2.24, 2.45) is 5.84 Å². The number of hydrazine groups is 1. The third kappa shape index (κ3) is 1.94. The Morgan fingerprint density at radius 3 is 2.90 bits per heavy atom. The van der Waals surface area contributed by atoms with Gasteiger partial charge in [-0.2, -0.15) is 0 Å². The molecular formula is C7H16N2O. The Morgan fingerprint density at radius 2 is 2.50 bits per heavy atom. The standard InChI is InChI=1S/C7H16N2O/c1-6(10)5-7-3-2-4-9(7)8/h6-7,10H,2-5,8H2,1H3. The molecular weight excluding hydrogens is 128 g/mol. The fraction of sp³-hybridized carbons (Fsp3) is 1.00. The highest BCUT2D eigenvalue weighted by Crippen LogP contribution is 2.17. The second-order valence-corrected chi connectivity index (χ2v) is 3.12. The van der Waals surface area contributed by atoms with Crippen LogP contribution in [0, 0.1) is 0 Å². The summed E-state index contributed by atoms with van der Waals surface area (Å²) in [6.45, 7) is 2.80. The molecule has 10 heavy (non-hydrogen) atoms. The predicted molar refractivity (Wildman–Crippen MR) is 40.2 cm³/mol. The molecule has 1 aliphatic heterocycles. The largest absolute Gasteiger partial charge is 0.393 e. The molecule has 0 aromatic heterocycles. The molecule has 3 nitrogen and oxygen atoms in total. The highest BCUT2D eigenvalue weighted by atomic mass is 16.3. The quantitative estimate of drug-likeness (QED) is 0.540. The number of aliphatic hydroxyl groups excluding tert-OH is 1. The number of hydrogen-bond acceptors (Lipinski definition) is 3. The average molecular weight is 144 g/mol. The summed E-state index contributed by atoms with van der Waals surface area (Å²) in [5, 5.41) is 10.9. The van der Waals surface area contributed by atoms with E-state index in [2.05, 4.69) is 0 Å². The van der Waals surface area contributed by atoms with Crippen LogP contribution in [0.2, 0.25) is 0 Å². The van der Waals surface area contributed by atoms with Crippen LogP contribution in [0.1, 0.15) is 26.2 Å². The first kappa shape index (κ1) is 7.98. The first-order valence-corrected chi connectivity index (χ1v) is 3.89. The van der Waals surface area contributed by atoms with Gasteiger partial charge < -0.3 is 5.11 Å². The number of rotatable bonds is 2. The molecule has 0 aromatic rings. The summed E-state index contributed by atoms with van der Waals surface area (Å²) >= 11 is 0. The second-order valence-electron chi connectivity index (χ2n) is 3.12. The van der Waals surface area contributed by atoms with Gasteiger partial charge in [-0.25, -0.2) is 5.01 Å². The zero-order chi connectivity index (χ0) is 7.56. The number of aliphatic hydroxyl groups is 1. The van der Waals surface area contributed by atoms with Crippen molar-refractivity contribution >= 4 is 0 Å². The van der Waals surface area contributed by atoms with Gasteiger partial charge in [0, 0.05) is 12.6 Å². The topological polar surface area (TPSA) is 49.5 Å². The maximum atomic E-state index is 9.05. The van der Waals surface area contributed by atoms with Gasteiger partial charge in [0.2, 0.25) is 0 Å². The van der Waals surface area contributed by atoms with E-state index in [-0.39, 0.29) is 6.10 Å². The maximum absolute atomic E-state index is 9.05. The lowest BCUT2D eigenvalue weighted by Crippen LogP contribution is -2.37. The Kier molecular flexibility index (Phi) is 2.65. The van der Waals surface area contributed by atoms with Gasteiger partial charge >= 0.3 is 0 Å². The molecule has 1 heterocycles. The smallest absolute Gasteiger partial charge is 0.0527 e. The number of nitrogens with zero attached hydrogens (tertiary/aromatic N) is 1. The zero-order valence-electron chi connectivity index (χ0n) is 6.45. The van der Waals surface area contributed by atoms with E-state index in [9.17, 15) is 0 Å². The average Bonchev–Trinajstić information content (AvgIpc) is 2.15. The van der Waals surface area contributed by atoms with E-state index in [0.29, 0.717) is 6.04 Å². The van der Waals surface area contributed by atoms with Gasteiger partial charge in [-0.15, -0.1) is 0 Å². The van der Waals surface area contributed by atoms with E-state index in [1.165, 1.54) is 6.42 Å². The lowest BCUT2D eigenvalue weighted by molar-refractivity contribution is 0.134. The minimum absolute atomic E-state index is 0.214. The van der Waals surface area contributed by atoms with Crippen LogP contribution in [0.5, 0.6) is 0 Å². The lowest BCUT2D eigenvalue weighted by Gasteiger charge is -2.19. The molecule has 0 radical (unpaired) electrons. The number of nitrogens with two attached hydrogens (primary N) is 1. The van der Waals surface area contributed by atoms with Crippen LogP contribution in [0.15, 0.2) is 0 Å². The van der Waals surface area contributed by atoms with Gasteiger partial charge in [-0.1, -0.05) is 0 Å². The van der Waals surface area contributed by atoms with Crippen molar-refractivity contribution < 1.29 is 5.11 Å². The van der Waals surface area contributed by atoms with Crippen molar-refractivity contribution in [1.29, 1.82) is 0 Å². The summed E-state index contributed by atoms with van der Waals surface area (Å²) in [5.74, 6) is 5.65. The first-order chi connectivity index (χ1) is 4.70. The van der Waals surface area contributed by atoms with Crippen molar-refractivity contribution in [3.05, 3.63) is 0 Å². The zero-order valence-corrected chi connectivity index (χ0v) is 6.45. The van der Waals surface area contributed by atoms with Crippen molar-refractivity contribution in [3.8, 4) is 0 Å². The van der Waals surface area contributed by atoms with Crippen LogP contribution < -0.4 is 5.84 Å². The summed E-state index contributed by atoms with van der Waals surface area (Å²) in [6.07, 6.45) is 2.92. The summed E-state index contributed by atoms with van der Waals surface area (Å²) in [6, 6.07) is 0.417. The van der Waals surface area contributed by atoms with Crippen LogP contribution in [-0.4, -0.2) is 28.8 Å². The van der Waals surface area contributed by atoms with E-state index in [4.69, 9.17) is 10.9 Å². The molecule has 1 rings (SSSR count). The lowest BCUT2D eigenvalue weighted by atomic mass is 10.1. The minimum atomic E-state index is -0.214. The summed E-state index contributed by atoms with van der Waals surface area (Å²) < 4.78 is 0. The van der Waals surface area contributed by atoms with Crippen molar-refractivity contribution in [2.45, 2.75) is 38.3 Å². The molecule has 3 N–H and O–H groups in total. The highest BCUT2D eigenvalue weighted by molar-refractivity contribution is 4.76. The Balaban J connectivity index is 2.26. The normalized spacial score (nSPS) is 30.9. The van der Waals surface area contributed by atoms with Crippen molar-refractivity contribution in [2.75, 3.05) is 6.54 Å². The molecule has 0 aliphatic carbocycles. The van der Waals surface area contributed by atoms with Gasteiger partial charge in [-0.3, -0.25) is 5.84 Å². The third-order valence-corrected chi connectivity index (χ3v) is 2.04. The molecule has 1 aliphatic rings. The predicted octanol–water partition coefficient (Wildman–Crippen LogP) is 0.0954. The van der Waals surface area contributed by atoms with Gasteiger partial charge in [0.1, 0.15) is 0 Å². The second kappa shape index (κ2) is 3.32. The number of hydrogen-bond donors (Lipinski definition) is 2. The SMILES string of the molecule is CC(O)CC1CCCN1N. The fourth-order valence-electron chi connectivity index (χ4n) is 1.50. The molecule has 2 unspecified atom stereocenters. The highest BCUT2D eigenvalue weighted by Gasteiger charge is 2.22. The Labute approximate surface area is 61.8 Å². The van der Waals surface area contributed by atoms with Crippen LogP contribution in [0.4, 0.5) is 0 Å². The molecule has 60 valence electrons. The summed E-state index contributed by atoms with van der Waals surface area (Å²) in [4.78, 5) is 0. The molecule has 1 fully saturated rings. The van der Waals surface area contributed by atoms with Gasteiger partial charge in [-0.05, 0) is 26.2 Å². The Hall–Kier alpha value is -0.120. The summed E-state index contributed by atoms with van der Waals surface area (Å²) in [7, 11) is 0. The van der Waals surface area contributed by atoms with E-state index in [1.807, 2.05) is 11.9 Å². The van der Waals surface area contributed by atoms with Crippen LogP contribution in [0.25, 0.3) is 0 Å². The Bertz CT molecular complexity index is 106. The maximum Gasteiger partial charge on any atom is 0.0527 e. The van der Waals surface area contributed by atoms with Gasteiger partial charge in [0.25, 0.3) is 0 Å². The molecule has 2 atom stereocenters. The Morgan fingerprint density at radius 1 is 1.80 bits per heavy atom. The van der Waals surface area contributed by atoms with Crippen LogP contribution in [-0.2, 0) is 0 Å². The van der Waals surface area contributed by atoms with E-state index < -0.39 is 0 Å². The third-order valence-electron chi connectivity index (χ3n) is 2.04. The molecule has 0 aromatic carbocycles. The molecule has 0 amide bonds. The van der Waals surface area contributed by atoms with E-state index >= 15 is 0 Å². The van der Waals surface area contributed by atoms with E-state index in [0.717, 1.165) is 19.4 Å². The molecule has 0 spiro atoms. The fourth-order valence-corrected chi connectivity index (χ4v) is 1.50. The minimum Gasteiger partial charge on any atom is -0.393 e. The van der Waals surface area contributed by atoms with Crippen LogP contribution >= 0.6 is 0 Å². The van der Waals surface area contributed by atoms with Gasteiger partial charge in [0.05, 0.1) is 6.10 Å². The first-order valence-electron chi connectivity index (χ1n) is 3.89. The van der Waals surface area contributed by atoms with Crippen molar-refractivity contribution in [1.82, 2.24) is 5.01 Å². The van der Waals surface area contributed by atoms with Crippen LogP contribution in [0.3, 0.4) is 0 Å². The molecule has 1 saturated heterocycles. The molecule has 0 saturated carbocycles. The van der Waals surface area contributed by atoms with Crippen molar-refractivity contribution in [3.63, 3.8) is 0 Å². The van der Waals surface area contributed by atoms with E-state index in [1.54, 1.807) is 0 Å².